The Kier molecular flexibility index (Phi) is 5.11. The smallest absolute Gasteiger partial charge is 0.174 e. The fourth-order valence-corrected chi connectivity index (χ4v) is 4.02. The summed E-state index contributed by atoms with van der Waals surface area (Å²) < 4.78 is 0. The van der Waals surface area contributed by atoms with E-state index in [0.29, 0.717) is 6.04 Å². The standard InChI is InChI=1S/C18H22N2S2/c1-14-8-10-15(11-9-14)19-18(21)20(16-5-2-3-6-16)13-17-7-4-12-22-17/h4,7-12,16H,2-3,5-6,13H2,1H3,(H,19,21). The minimum atomic E-state index is 0.576. The quantitative estimate of drug-likeness (QED) is 0.776. The van der Waals surface area contributed by atoms with E-state index in [-0.39, 0.29) is 0 Å². The molecular weight excluding hydrogens is 308 g/mol. The van der Waals surface area contributed by atoms with Crippen molar-refractivity contribution in [3.8, 4) is 0 Å². The number of thiocarbonyl (C=S) groups is 1. The van der Waals surface area contributed by atoms with Crippen molar-refractivity contribution in [3.63, 3.8) is 0 Å². The molecule has 1 fully saturated rings. The van der Waals surface area contributed by atoms with Crippen LogP contribution in [0.5, 0.6) is 0 Å². The van der Waals surface area contributed by atoms with Gasteiger partial charge in [-0.25, -0.2) is 0 Å². The molecule has 0 atom stereocenters. The van der Waals surface area contributed by atoms with Gasteiger partial charge in [0.2, 0.25) is 0 Å². The first-order chi connectivity index (χ1) is 10.7. The van der Waals surface area contributed by atoms with Gasteiger partial charge in [-0.15, -0.1) is 11.3 Å². The molecule has 1 aliphatic rings. The second kappa shape index (κ2) is 7.25. The van der Waals surface area contributed by atoms with Crippen molar-refractivity contribution in [2.24, 2.45) is 0 Å². The minimum absolute atomic E-state index is 0.576. The summed E-state index contributed by atoms with van der Waals surface area (Å²) in [6, 6.07) is 13.3. The molecule has 2 nitrogen and oxygen atoms in total. The monoisotopic (exact) mass is 330 g/mol. The van der Waals surface area contributed by atoms with Crippen LogP contribution < -0.4 is 5.32 Å². The third-order valence-corrected chi connectivity index (χ3v) is 5.43. The molecule has 0 radical (unpaired) electrons. The average molecular weight is 331 g/mol. The molecule has 0 unspecified atom stereocenters. The molecule has 2 aromatic rings. The number of aryl methyl sites for hydroxylation is 1. The third kappa shape index (κ3) is 3.87. The van der Waals surface area contributed by atoms with Crippen LogP contribution in [0.4, 0.5) is 5.69 Å². The predicted octanol–water partition coefficient (Wildman–Crippen LogP) is 5.20. The van der Waals surface area contributed by atoms with Crippen molar-refractivity contribution in [3.05, 3.63) is 52.2 Å². The Balaban J connectivity index is 1.72. The SMILES string of the molecule is Cc1ccc(NC(=S)N(Cc2cccs2)C2CCCC2)cc1. The Morgan fingerprint density at radius 2 is 1.95 bits per heavy atom. The first kappa shape index (κ1) is 15.5. The lowest BCUT2D eigenvalue weighted by molar-refractivity contribution is 0.314. The number of anilines is 1. The highest BCUT2D eigenvalue weighted by Crippen LogP contribution is 2.27. The van der Waals surface area contributed by atoms with E-state index >= 15 is 0 Å². The fraction of sp³-hybridized carbons (Fsp3) is 0.389. The van der Waals surface area contributed by atoms with Crippen LogP contribution >= 0.6 is 23.6 Å². The molecular formula is C18H22N2S2. The number of thiophene rings is 1. The van der Waals surface area contributed by atoms with Gasteiger partial charge in [-0.05, 0) is 55.6 Å². The van der Waals surface area contributed by atoms with Crippen LogP contribution in [0.1, 0.15) is 36.1 Å². The Bertz CT molecular complexity index is 599. The second-order valence-electron chi connectivity index (χ2n) is 5.94. The molecule has 3 rings (SSSR count). The Morgan fingerprint density at radius 3 is 2.59 bits per heavy atom. The number of nitrogens with one attached hydrogen (secondary N) is 1. The molecule has 1 aromatic heterocycles. The fourth-order valence-electron chi connectivity index (χ4n) is 2.99. The topological polar surface area (TPSA) is 15.3 Å². The number of hydrogen-bond acceptors (Lipinski definition) is 2. The van der Waals surface area contributed by atoms with Gasteiger partial charge in [-0.2, -0.15) is 0 Å². The van der Waals surface area contributed by atoms with Crippen molar-refractivity contribution in [2.45, 2.75) is 45.2 Å². The summed E-state index contributed by atoms with van der Waals surface area (Å²) in [5, 5.41) is 6.41. The second-order valence-corrected chi connectivity index (χ2v) is 7.36. The largest absolute Gasteiger partial charge is 0.341 e. The molecule has 1 heterocycles. The van der Waals surface area contributed by atoms with Gasteiger partial charge in [-0.1, -0.05) is 36.6 Å². The van der Waals surface area contributed by atoms with Crippen LogP contribution in [0.15, 0.2) is 41.8 Å². The Labute approximate surface area is 142 Å². The summed E-state index contributed by atoms with van der Waals surface area (Å²) in [5.41, 5.74) is 2.34. The highest BCUT2D eigenvalue weighted by atomic mass is 32.1. The molecule has 0 saturated heterocycles. The van der Waals surface area contributed by atoms with Crippen molar-refractivity contribution < 1.29 is 0 Å². The minimum Gasteiger partial charge on any atom is -0.341 e. The average Bonchev–Trinajstić information content (AvgIpc) is 3.20. The van der Waals surface area contributed by atoms with Gasteiger partial charge in [0.1, 0.15) is 0 Å². The van der Waals surface area contributed by atoms with Crippen molar-refractivity contribution in [1.29, 1.82) is 0 Å². The highest BCUT2D eigenvalue weighted by molar-refractivity contribution is 7.80. The van der Waals surface area contributed by atoms with E-state index in [9.17, 15) is 0 Å². The molecule has 0 aliphatic heterocycles. The van der Waals surface area contributed by atoms with Crippen LogP contribution in [0.25, 0.3) is 0 Å². The van der Waals surface area contributed by atoms with Crippen LogP contribution in [-0.4, -0.2) is 16.1 Å². The van der Waals surface area contributed by atoms with Gasteiger partial charge < -0.3 is 10.2 Å². The summed E-state index contributed by atoms with van der Waals surface area (Å²) in [6.45, 7) is 3.02. The van der Waals surface area contributed by atoms with E-state index in [1.54, 1.807) is 11.3 Å². The molecule has 0 bridgehead atoms. The molecule has 1 aliphatic carbocycles. The lowest BCUT2D eigenvalue weighted by atomic mass is 10.2. The summed E-state index contributed by atoms with van der Waals surface area (Å²) in [4.78, 5) is 3.76. The maximum Gasteiger partial charge on any atom is 0.174 e. The molecule has 0 spiro atoms. The lowest BCUT2D eigenvalue weighted by Gasteiger charge is -2.31. The molecule has 22 heavy (non-hydrogen) atoms. The van der Waals surface area contributed by atoms with Gasteiger partial charge in [0.15, 0.2) is 5.11 Å². The molecule has 1 aromatic carbocycles. The van der Waals surface area contributed by atoms with Gasteiger partial charge in [0, 0.05) is 16.6 Å². The summed E-state index contributed by atoms with van der Waals surface area (Å²) in [6.07, 6.45) is 5.14. The first-order valence-electron chi connectivity index (χ1n) is 7.89. The number of rotatable bonds is 4. The molecule has 116 valence electrons. The Hall–Kier alpha value is -1.39. The molecule has 4 heteroatoms. The van der Waals surface area contributed by atoms with Crippen LogP contribution in [-0.2, 0) is 6.54 Å². The molecule has 1 N–H and O–H groups in total. The highest BCUT2D eigenvalue weighted by Gasteiger charge is 2.25. The van der Waals surface area contributed by atoms with E-state index in [1.165, 1.54) is 36.1 Å². The van der Waals surface area contributed by atoms with E-state index in [0.717, 1.165) is 17.3 Å². The third-order valence-electron chi connectivity index (χ3n) is 4.24. The molecule has 1 saturated carbocycles. The van der Waals surface area contributed by atoms with Gasteiger partial charge in [0.05, 0.1) is 6.54 Å². The van der Waals surface area contributed by atoms with Crippen molar-refractivity contribution in [2.75, 3.05) is 5.32 Å². The summed E-state index contributed by atoms with van der Waals surface area (Å²) in [5.74, 6) is 0. The van der Waals surface area contributed by atoms with E-state index in [1.807, 2.05) is 0 Å². The maximum atomic E-state index is 5.72. The van der Waals surface area contributed by atoms with Gasteiger partial charge >= 0.3 is 0 Å². The van der Waals surface area contributed by atoms with E-state index < -0.39 is 0 Å². The zero-order valence-corrected chi connectivity index (χ0v) is 14.6. The van der Waals surface area contributed by atoms with E-state index in [2.05, 4.69) is 58.9 Å². The molecule has 0 amide bonds. The number of nitrogens with zero attached hydrogens (tertiary/aromatic N) is 1. The van der Waals surface area contributed by atoms with Gasteiger partial charge in [-0.3, -0.25) is 0 Å². The van der Waals surface area contributed by atoms with E-state index in [4.69, 9.17) is 12.2 Å². The number of benzene rings is 1. The van der Waals surface area contributed by atoms with Gasteiger partial charge in [0.25, 0.3) is 0 Å². The van der Waals surface area contributed by atoms with Crippen molar-refractivity contribution >= 4 is 34.4 Å². The summed E-state index contributed by atoms with van der Waals surface area (Å²) in [7, 11) is 0. The zero-order valence-electron chi connectivity index (χ0n) is 12.9. The Morgan fingerprint density at radius 1 is 1.23 bits per heavy atom. The van der Waals surface area contributed by atoms with Crippen LogP contribution in [0.2, 0.25) is 0 Å². The first-order valence-corrected chi connectivity index (χ1v) is 9.18. The zero-order chi connectivity index (χ0) is 15.4. The van der Waals surface area contributed by atoms with Crippen LogP contribution in [0.3, 0.4) is 0 Å². The van der Waals surface area contributed by atoms with Crippen LogP contribution in [0, 0.1) is 6.92 Å². The normalized spacial score (nSPS) is 15.0. The number of hydrogen-bond donors (Lipinski definition) is 1. The lowest BCUT2D eigenvalue weighted by Crippen LogP contribution is -2.40. The predicted molar refractivity (Wildman–Crippen MR) is 99.5 cm³/mol. The van der Waals surface area contributed by atoms with Crippen molar-refractivity contribution in [1.82, 2.24) is 4.90 Å². The summed E-state index contributed by atoms with van der Waals surface area (Å²) >= 11 is 7.53. The maximum absolute atomic E-state index is 5.72.